The largest absolute Gasteiger partial charge is 0.497 e. The number of hydrogen-bond donors (Lipinski definition) is 1. The zero-order valence-electron chi connectivity index (χ0n) is 16.6. The summed E-state index contributed by atoms with van der Waals surface area (Å²) in [5.41, 5.74) is 5.61. The molecule has 0 aliphatic rings. The Morgan fingerprint density at radius 1 is 0.857 bits per heavy atom. The third-order valence-corrected chi connectivity index (χ3v) is 4.49. The van der Waals surface area contributed by atoms with Crippen molar-refractivity contribution in [2.45, 2.75) is 20.8 Å². The predicted molar refractivity (Wildman–Crippen MR) is 114 cm³/mol. The fourth-order valence-corrected chi connectivity index (χ4v) is 3.14. The first kappa shape index (κ1) is 19.4. The second-order valence-corrected chi connectivity index (χ2v) is 6.76. The Morgan fingerprint density at radius 3 is 2.04 bits per heavy atom. The van der Waals surface area contributed by atoms with E-state index >= 15 is 0 Å². The van der Waals surface area contributed by atoms with Gasteiger partial charge in [0.1, 0.15) is 11.6 Å². The minimum atomic E-state index is -0.215. The van der Waals surface area contributed by atoms with E-state index in [4.69, 9.17) is 9.73 Å². The molecule has 4 heteroatoms. The second kappa shape index (κ2) is 8.53. The summed E-state index contributed by atoms with van der Waals surface area (Å²) >= 11 is 0. The maximum Gasteiger partial charge on any atom is 0.256 e. The summed E-state index contributed by atoms with van der Waals surface area (Å²) in [7, 11) is 1.60. The van der Waals surface area contributed by atoms with Gasteiger partial charge in [-0.25, -0.2) is 4.99 Å². The summed E-state index contributed by atoms with van der Waals surface area (Å²) < 4.78 is 5.16. The van der Waals surface area contributed by atoms with Gasteiger partial charge in [-0.3, -0.25) is 4.79 Å². The lowest BCUT2D eigenvalue weighted by Crippen LogP contribution is -2.31. The molecule has 0 fully saturated rings. The van der Waals surface area contributed by atoms with Crippen molar-refractivity contribution in [3.63, 3.8) is 0 Å². The Morgan fingerprint density at radius 2 is 1.46 bits per heavy atom. The average Bonchev–Trinajstić information content (AvgIpc) is 2.70. The lowest BCUT2D eigenvalue weighted by atomic mass is 10.1. The second-order valence-electron chi connectivity index (χ2n) is 6.76. The van der Waals surface area contributed by atoms with Crippen LogP contribution >= 0.6 is 0 Å². The van der Waals surface area contributed by atoms with Gasteiger partial charge in [0.25, 0.3) is 5.91 Å². The molecule has 0 atom stereocenters. The van der Waals surface area contributed by atoms with Crippen molar-refractivity contribution in [1.82, 2.24) is 5.32 Å². The number of amidine groups is 1. The van der Waals surface area contributed by atoms with Crippen molar-refractivity contribution in [1.29, 1.82) is 0 Å². The van der Waals surface area contributed by atoms with Crippen molar-refractivity contribution in [2.24, 2.45) is 4.99 Å². The molecular weight excluding hydrogens is 348 g/mol. The molecule has 0 heterocycles. The van der Waals surface area contributed by atoms with Gasteiger partial charge in [0.15, 0.2) is 0 Å². The molecule has 1 amide bonds. The van der Waals surface area contributed by atoms with E-state index < -0.39 is 0 Å². The number of hydrogen-bond acceptors (Lipinski definition) is 3. The first-order valence-electron chi connectivity index (χ1n) is 9.15. The SMILES string of the molecule is COc1ccc(C(=O)NC(=Nc2c(C)cc(C)cc2C)c2ccccc2)cc1. The normalized spacial score (nSPS) is 11.2. The van der Waals surface area contributed by atoms with Gasteiger partial charge < -0.3 is 10.1 Å². The standard InChI is InChI=1S/C24H24N2O2/c1-16-14-17(2)22(18(3)15-16)25-23(19-8-6-5-7-9-19)26-24(27)20-10-12-21(28-4)13-11-20/h5-15H,1-4H3,(H,25,26,27). The number of carbonyl (C=O) groups is 1. The third-order valence-electron chi connectivity index (χ3n) is 4.49. The lowest BCUT2D eigenvalue weighted by Gasteiger charge is -2.13. The summed E-state index contributed by atoms with van der Waals surface area (Å²) in [6, 6.07) is 20.9. The van der Waals surface area contributed by atoms with Gasteiger partial charge in [0.2, 0.25) is 0 Å². The first-order valence-corrected chi connectivity index (χ1v) is 9.15. The van der Waals surface area contributed by atoms with Gasteiger partial charge in [0.05, 0.1) is 12.8 Å². The van der Waals surface area contributed by atoms with Crippen LogP contribution in [-0.4, -0.2) is 18.9 Å². The molecule has 0 aromatic heterocycles. The van der Waals surface area contributed by atoms with Crippen LogP contribution < -0.4 is 10.1 Å². The van der Waals surface area contributed by atoms with Crippen LogP contribution in [-0.2, 0) is 0 Å². The summed E-state index contributed by atoms with van der Waals surface area (Å²) in [5, 5.41) is 2.97. The molecule has 28 heavy (non-hydrogen) atoms. The van der Waals surface area contributed by atoms with Crippen LogP contribution in [0, 0.1) is 20.8 Å². The maximum atomic E-state index is 12.8. The zero-order valence-corrected chi connectivity index (χ0v) is 16.6. The molecule has 3 rings (SSSR count). The van der Waals surface area contributed by atoms with Crippen LogP contribution in [0.25, 0.3) is 0 Å². The number of amides is 1. The van der Waals surface area contributed by atoms with Crippen LogP contribution in [0.15, 0.2) is 71.7 Å². The fourth-order valence-electron chi connectivity index (χ4n) is 3.14. The Hall–Kier alpha value is -3.40. The van der Waals surface area contributed by atoms with E-state index in [1.54, 1.807) is 31.4 Å². The molecule has 0 spiro atoms. The van der Waals surface area contributed by atoms with E-state index in [2.05, 4.69) is 24.4 Å². The van der Waals surface area contributed by atoms with Gasteiger partial charge in [-0.2, -0.15) is 0 Å². The minimum absolute atomic E-state index is 0.215. The summed E-state index contributed by atoms with van der Waals surface area (Å²) in [5.74, 6) is 1.02. The molecule has 0 unspecified atom stereocenters. The molecule has 0 saturated carbocycles. The Kier molecular flexibility index (Phi) is 5.90. The van der Waals surface area contributed by atoms with Crippen LogP contribution in [0.5, 0.6) is 5.75 Å². The van der Waals surface area contributed by atoms with Gasteiger partial charge in [-0.1, -0.05) is 48.0 Å². The van der Waals surface area contributed by atoms with E-state index in [0.29, 0.717) is 17.1 Å². The molecule has 3 aromatic rings. The Labute approximate surface area is 165 Å². The van der Waals surface area contributed by atoms with Crippen LogP contribution in [0.1, 0.15) is 32.6 Å². The molecule has 0 radical (unpaired) electrons. The number of ether oxygens (including phenoxy) is 1. The first-order chi connectivity index (χ1) is 13.5. The summed E-state index contributed by atoms with van der Waals surface area (Å²) in [6.45, 7) is 6.14. The highest BCUT2D eigenvalue weighted by Gasteiger charge is 2.13. The molecule has 0 aliphatic heterocycles. The fraction of sp³-hybridized carbons (Fsp3) is 0.167. The van der Waals surface area contributed by atoms with E-state index in [1.807, 2.05) is 44.2 Å². The molecule has 142 valence electrons. The van der Waals surface area contributed by atoms with Gasteiger partial charge in [0, 0.05) is 11.1 Å². The zero-order chi connectivity index (χ0) is 20.1. The van der Waals surface area contributed by atoms with Crippen molar-refractivity contribution >= 4 is 17.4 Å². The smallest absolute Gasteiger partial charge is 0.256 e. The van der Waals surface area contributed by atoms with E-state index in [1.165, 1.54) is 5.56 Å². The van der Waals surface area contributed by atoms with Crippen molar-refractivity contribution in [2.75, 3.05) is 7.11 Å². The number of carbonyl (C=O) groups excluding carboxylic acids is 1. The van der Waals surface area contributed by atoms with Crippen LogP contribution in [0.2, 0.25) is 0 Å². The lowest BCUT2D eigenvalue weighted by molar-refractivity contribution is 0.0977. The predicted octanol–water partition coefficient (Wildman–Crippen LogP) is 5.13. The summed E-state index contributed by atoms with van der Waals surface area (Å²) in [4.78, 5) is 17.6. The third kappa shape index (κ3) is 4.46. The maximum absolute atomic E-state index is 12.8. The number of aliphatic imine (C=N–C) groups is 1. The number of aryl methyl sites for hydroxylation is 3. The number of rotatable bonds is 4. The van der Waals surface area contributed by atoms with E-state index in [-0.39, 0.29) is 5.91 Å². The number of nitrogens with zero attached hydrogens (tertiary/aromatic N) is 1. The summed E-state index contributed by atoms with van der Waals surface area (Å²) in [6.07, 6.45) is 0. The topological polar surface area (TPSA) is 50.7 Å². The molecule has 0 aliphatic carbocycles. The minimum Gasteiger partial charge on any atom is -0.497 e. The number of methoxy groups -OCH3 is 1. The van der Waals surface area contributed by atoms with Gasteiger partial charge >= 0.3 is 0 Å². The van der Waals surface area contributed by atoms with E-state index in [0.717, 1.165) is 22.4 Å². The Bertz CT molecular complexity index is 984. The number of benzene rings is 3. The highest BCUT2D eigenvalue weighted by molar-refractivity contribution is 6.13. The highest BCUT2D eigenvalue weighted by atomic mass is 16.5. The van der Waals surface area contributed by atoms with Crippen molar-refractivity contribution < 1.29 is 9.53 Å². The van der Waals surface area contributed by atoms with E-state index in [9.17, 15) is 4.79 Å². The van der Waals surface area contributed by atoms with Crippen LogP contribution in [0.3, 0.4) is 0 Å². The van der Waals surface area contributed by atoms with Crippen LogP contribution in [0.4, 0.5) is 5.69 Å². The van der Waals surface area contributed by atoms with Gasteiger partial charge in [-0.05, 0) is 56.2 Å². The molecule has 0 saturated heterocycles. The highest BCUT2D eigenvalue weighted by Crippen LogP contribution is 2.26. The van der Waals surface area contributed by atoms with Crippen molar-refractivity contribution in [3.8, 4) is 5.75 Å². The molecule has 4 nitrogen and oxygen atoms in total. The number of nitrogens with one attached hydrogen (secondary N) is 1. The Balaban J connectivity index is 1.99. The monoisotopic (exact) mass is 372 g/mol. The molecule has 0 bridgehead atoms. The average molecular weight is 372 g/mol. The molecule has 1 N–H and O–H groups in total. The molecular formula is C24H24N2O2. The van der Waals surface area contributed by atoms with Crippen molar-refractivity contribution in [3.05, 3.63) is 94.5 Å². The van der Waals surface area contributed by atoms with Gasteiger partial charge in [-0.15, -0.1) is 0 Å². The quantitative estimate of drug-likeness (QED) is 0.510. The molecule has 3 aromatic carbocycles.